The summed E-state index contributed by atoms with van der Waals surface area (Å²) in [7, 11) is 1.79. The van der Waals surface area contributed by atoms with Crippen molar-refractivity contribution in [2.24, 2.45) is 5.73 Å². The van der Waals surface area contributed by atoms with Gasteiger partial charge in [0.25, 0.3) is 5.91 Å². The van der Waals surface area contributed by atoms with E-state index >= 15 is 0 Å². The molecular formula is C13H19N3O4. The minimum Gasteiger partial charge on any atom is -0.459 e. The Labute approximate surface area is 117 Å². The Morgan fingerprint density at radius 1 is 1.55 bits per heavy atom. The highest BCUT2D eigenvalue weighted by Gasteiger charge is 2.27. The SMILES string of the molecule is CN(CC(N)=O)CC1CN(C(=O)c2ccco2)CCO1. The van der Waals surface area contributed by atoms with Gasteiger partial charge in [-0.15, -0.1) is 0 Å². The highest BCUT2D eigenvalue weighted by atomic mass is 16.5. The van der Waals surface area contributed by atoms with Crippen LogP contribution in [0.15, 0.2) is 22.8 Å². The van der Waals surface area contributed by atoms with Crippen LogP contribution >= 0.6 is 0 Å². The van der Waals surface area contributed by atoms with E-state index in [1.807, 2.05) is 0 Å². The van der Waals surface area contributed by atoms with Gasteiger partial charge in [-0.1, -0.05) is 0 Å². The lowest BCUT2D eigenvalue weighted by atomic mass is 10.2. The quantitative estimate of drug-likeness (QED) is 0.788. The summed E-state index contributed by atoms with van der Waals surface area (Å²) in [5.41, 5.74) is 5.14. The van der Waals surface area contributed by atoms with Crippen molar-refractivity contribution in [2.45, 2.75) is 6.10 Å². The molecule has 1 aliphatic rings. The Balaban J connectivity index is 1.88. The fourth-order valence-electron chi connectivity index (χ4n) is 2.25. The molecule has 1 aromatic rings. The van der Waals surface area contributed by atoms with Crippen LogP contribution in [-0.2, 0) is 9.53 Å². The summed E-state index contributed by atoms with van der Waals surface area (Å²) in [5.74, 6) is -0.191. The fourth-order valence-corrected chi connectivity index (χ4v) is 2.25. The molecule has 20 heavy (non-hydrogen) atoms. The molecule has 1 aliphatic heterocycles. The van der Waals surface area contributed by atoms with Gasteiger partial charge < -0.3 is 19.8 Å². The summed E-state index contributed by atoms with van der Waals surface area (Å²) < 4.78 is 10.7. The molecule has 1 atom stereocenters. The third kappa shape index (κ3) is 3.82. The first-order valence-electron chi connectivity index (χ1n) is 6.47. The minimum absolute atomic E-state index is 0.132. The zero-order chi connectivity index (χ0) is 14.5. The molecule has 2 rings (SSSR count). The number of amides is 2. The molecule has 0 spiro atoms. The topological polar surface area (TPSA) is 89.0 Å². The Hall–Kier alpha value is -1.86. The van der Waals surface area contributed by atoms with Gasteiger partial charge in [-0.2, -0.15) is 0 Å². The van der Waals surface area contributed by atoms with Crippen LogP contribution < -0.4 is 5.73 Å². The van der Waals surface area contributed by atoms with Crippen LogP contribution in [0.5, 0.6) is 0 Å². The van der Waals surface area contributed by atoms with Crippen LogP contribution in [0, 0.1) is 0 Å². The molecule has 2 amide bonds. The van der Waals surface area contributed by atoms with Crippen LogP contribution in [0.3, 0.4) is 0 Å². The first-order valence-corrected chi connectivity index (χ1v) is 6.47. The molecule has 7 nitrogen and oxygen atoms in total. The van der Waals surface area contributed by atoms with Crippen LogP contribution in [0.1, 0.15) is 10.6 Å². The molecule has 1 aromatic heterocycles. The van der Waals surface area contributed by atoms with E-state index in [4.69, 9.17) is 14.9 Å². The van der Waals surface area contributed by atoms with Crippen LogP contribution in [0.25, 0.3) is 0 Å². The highest BCUT2D eigenvalue weighted by molar-refractivity contribution is 5.91. The number of likely N-dealkylation sites (N-methyl/N-ethyl adjacent to an activating group) is 1. The summed E-state index contributed by atoms with van der Waals surface area (Å²) >= 11 is 0. The molecule has 1 fully saturated rings. The van der Waals surface area contributed by atoms with E-state index in [0.29, 0.717) is 32.0 Å². The molecular weight excluding hydrogens is 262 g/mol. The monoisotopic (exact) mass is 281 g/mol. The number of carbonyl (C=O) groups excluding carboxylic acids is 2. The largest absolute Gasteiger partial charge is 0.459 e. The van der Waals surface area contributed by atoms with Gasteiger partial charge in [-0.25, -0.2) is 0 Å². The van der Waals surface area contributed by atoms with Crippen LogP contribution in [0.2, 0.25) is 0 Å². The van der Waals surface area contributed by atoms with Crippen molar-refractivity contribution in [2.75, 3.05) is 39.8 Å². The molecule has 0 bridgehead atoms. The molecule has 0 radical (unpaired) electrons. The van der Waals surface area contributed by atoms with Gasteiger partial charge in [0, 0.05) is 19.6 Å². The Kier molecular flexibility index (Phi) is 4.75. The number of furan rings is 1. The van der Waals surface area contributed by atoms with Crippen molar-refractivity contribution in [3.05, 3.63) is 24.2 Å². The molecule has 110 valence electrons. The molecule has 0 saturated carbocycles. The van der Waals surface area contributed by atoms with Gasteiger partial charge in [0.1, 0.15) is 0 Å². The van der Waals surface area contributed by atoms with Gasteiger partial charge in [0.15, 0.2) is 5.76 Å². The summed E-state index contributed by atoms with van der Waals surface area (Å²) in [4.78, 5) is 26.5. The van der Waals surface area contributed by atoms with Gasteiger partial charge in [0.05, 0.1) is 25.5 Å². The Bertz CT molecular complexity index is 460. The molecule has 2 N–H and O–H groups in total. The van der Waals surface area contributed by atoms with Gasteiger partial charge in [0.2, 0.25) is 5.91 Å². The lowest BCUT2D eigenvalue weighted by molar-refractivity contribution is -0.119. The average Bonchev–Trinajstić information content (AvgIpc) is 2.91. The number of hydrogen-bond donors (Lipinski definition) is 1. The summed E-state index contributed by atoms with van der Waals surface area (Å²) in [6, 6.07) is 3.33. The van der Waals surface area contributed by atoms with E-state index < -0.39 is 0 Å². The molecule has 0 aliphatic carbocycles. The standard InChI is InChI=1S/C13H19N3O4/c1-15(9-12(14)17)7-10-8-16(4-6-19-10)13(18)11-3-2-5-20-11/h2-3,5,10H,4,6-9H2,1H3,(H2,14,17). The van der Waals surface area contributed by atoms with Crippen molar-refractivity contribution in [3.8, 4) is 0 Å². The van der Waals surface area contributed by atoms with Crippen molar-refractivity contribution in [3.63, 3.8) is 0 Å². The van der Waals surface area contributed by atoms with Gasteiger partial charge in [-0.3, -0.25) is 14.5 Å². The first-order chi connectivity index (χ1) is 9.56. The summed E-state index contributed by atoms with van der Waals surface area (Å²) in [6.07, 6.45) is 1.35. The van der Waals surface area contributed by atoms with Crippen LogP contribution in [0.4, 0.5) is 0 Å². The zero-order valence-electron chi connectivity index (χ0n) is 11.4. The van der Waals surface area contributed by atoms with E-state index in [1.165, 1.54) is 6.26 Å². The maximum atomic E-state index is 12.2. The number of carbonyl (C=O) groups is 2. The predicted molar refractivity (Wildman–Crippen MR) is 71.0 cm³/mol. The summed E-state index contributed by atoms with van der Waals surface area (Å²) in [6.45, 7) is 2.20. The Morgan fingerprint density at radius 2 is 2.35 bits per heavy atom. The van der Waals surface area contributed by atoms with Crippen molar-refractivity contribution >= 4 is 11.8 Å². The van der Waals surface area contributed by atoms with Crippen molar-refractivity contribution in [1.82, 2.24) is 9.80 Å². The van der Waals surface area contributed by atoms with E-state index in [9.17, 15) is 9.59 Å². The Morgan fingerprint density at radius 3 is 3.00 bits per heavy atom. The number of morpholine rings is 1. The number of nitrogens with two attached hydrogens (primary N) is 1. The third-order valence-electron chi connectivity index (χ3n) is 3.10. The number of primary amides is 1. The zero-order valence-corrected chi connectivity index (χ0v) is 11.4. The van der Waals surface area contributed by atoms with Gasteiger partial charge >= 0.3 is 0 Å². The first kappa shape index (κ1) is 14.5. The van der Waals surface area contributed by atoms with E-state index in [2.05, 4.69) is 0 Å². The minimum atomic E-state index is -0.383. The number of rotatable bonds is 5. The maximum absolute atomic E-state index is 12.2. The van der Waals surface area contributed by atoms with E-state index in [0.717, 1.165) is 0 Å². The van der Waals surface area contributed by atoms with Crippen molar-refractivity contribution < 1.29 is 18.7 Å². The fraction of sp³-hybridized carbons (Fsp3) is 0.538. The molecule has 1 saturated heterocycles. The smallest absolute Gasteiger partial charge is 0.289 e. The van der Waals surface area contributed by atoms with Crippen molar-refractivity contribution in [1.29, 1.82) is 0 Å². The number of hydrogen-bond acceptors (Lipinski definition) is 5. The lowest BCUT2D eigenvalue weighted by Gasteiger charge is -2.34. The molecule has 0 aromatic carbocycles. The second kappa shape index (κ2) is 6.53. The maximum Gasteiger partial charge on any atom is 0.289 e. The highest BCUT2D eigenvalue weighted by Crippen LogP contribution is 2.11. The van der Waals surface area contributed by atoms with E-state index in [-0.39, 0.29) is 24.5 Å². The average molecular weight is 281 g/mol. The lowest BCUT2D eigenvalue weighted by Crippen LogP contribution is -2.49. The third-order valence-corrected chi connectivity index (χ3v) is 3.10. The molecule has 7 heteroatoms. The second-order valence-corrected chi connectivity index (χ2v) is 4.88. The number of ether oxygens (including phenoxy) is 1. The van der Waals surface area contributed by atoms with Crippen LogP contribution in [-0.4, -0.2) is 67.6 Å². The normalized spacial score (nSPS) is 19.3. The second-order valence-electron chi connectivity index (χ2n) is 4.88. The number of nitrogens with zero attached hydrogens (tertiary/aromatic N) is 2. The summed E-state index contributed by atoms with van der Waals surface area (Å²) in [5, 5.41) is 0. The molecule has 2 heterocycles. The van der Waals surface area contributed by atoms with E-state index in [1.54, 1.807) is 29.0 Å². The van der Waals surface area contributed by atoms with Gasteiger partial charge in [-0.05, 0) is 19.2 Å². The molecule has 1 unspecified atom stereocenters. The predicted octanol–water partition coefficient (Wildman–Crippen LogP) is -0.462.